The van der Waals surface area contributed by atoms with E-state index in [4.69, 9.17) is 9.84 Å². The van der Waals surface area contributed by atoms with Crippen LogP contribution in [0.15, 0.2) is 23.4 Å². The van der Waals surface area contributed by atoms with E-state index in [1.54, 1.807) is 12.3 Å². The Balaban J connectivity index is 2.12. The van der Waals surface area contributed by atoms with Crippen molar-refractivity contribution in [3.05, 3.63) is 28.9 Å². The first-order valence-electron chi connectivity index (χ1n) is 6.17. The highest BCUT2D eigenvalue weighted by molar-refractivity contribution is 5.74. The number of rotatable bonds is 2. The van der Waals surface area contributed by atoms with Gasteiger partial charge in [-0.2, -0.15) is 0 Å². The normalized spacial score (nSPS) is 33.9. The predicted octanol–water partition coefficient (Wildman–Crippen LogP) is -1.27. The molecule has 0 bridgehead atoms. The van der Waals surface area contributed by atoms with E-state index in [0.29, 0.717) is 11.0 Å². The average molecular weight is 281 g/mol. The van der Waals surface area contributed by atoms with Crippen molar-refractivity contribution >= 4 is 11.0 Å². The van der Waals surface area contributed by atoms with Crippen LogP contribution in [0.4, 0.5) is 0 Å². The minimum absolute atomic E-state index is 0.300. The quantitative estimate of drug-likeness (QED) is 0.544. The molecular weight excluding hydrogens is 266 g/mol. The molecule has 0 amide bonds. The predicted molar refractivity (Wildman–Crippen MR) is 68.0 cm³/mol. The lowest BCUT2D eigenvalue weighted by atomic mass is 9.96. The Labute approximate surface area is 113 Å². The van der Waals surface area contributed by atoms with Crippen molar-refractivity contribution in [3.8, 4) is 0 Å². The van der Waals surface area contributed by atoms with Crippen LogP contribution in [0.3, 0.4) is 0 Å². The lowest BCUT2D eigenvalue weighted by molar-refractivity contribution is -0.0948. The average Bonchev–Trinajstić information content (AvgIpc) is 2.92. The monoisotopic (exact) mass is 281 g/mol. The van der Waals surface area contributed by atoms with Gasteiger partial charge in [0.25, 0.3) is 5.56 Å². The number of H-pyrrole nitrogens is 1. The Hall–Kier alpha value is -1.74. The third-order valence-electron chi connectivity index (χ3n) is 3.70. The third kappa shape index (κ3) is 1.70. The van der Waals surface area contributed by atoms with Gasteiger partial charge >= 0.3 is 0 Å². The number of fused-ring (bicyclic) bond motifs is 1. The largest absolute Gasteiger partial charge is 0.394 e. The van der Waals surface area contributed by atoms with Gasteiger partial charge in [-0.15, -0.1) is 0 Å². The van der Waals surface area contributed by atoms with Gasteiger partial charge in [0.1, 0.15) is 23.5 Å². The molecule has 20 heavy (non-hydrogen) atoms. The summed E-state index contributed by atoms with van der Waals surface area (Å²) in [6, 6.07) is 1.55. The highest BCUT2D eigenvalue weighted by Crippen LogP contribution is 2.39. The fourth-order valence-corrected chi connectivity index (χ4v) is 2.56. The molecule has 4 N–H and O–H groups in total. The van der Waals surface area contributed by atoms with Crippen LogP contribution in [0.1, 0.15) is 13.2 Å². The van der Waals surface area contributed by atoms with Crippen LogP contribution < -0.4 is 5.56 Å². The van der Waals surface area contributed by atoms with E-state index in [-0.39, 0.29) is 5.56 Å². The minimum atomic E-state index is -1.61. The number of aromatic nitrogens is 3. The Morgan fingerprint density at radius 1 is 1.60 bits per heavy atom. The smallest absolute Gasteiger partial charge is 0.260 e. The molecule has 108 valence electrons. The molecule has 4 atom stereocenters. The third-order valence-corrected chi connectivity index (χ3v) is 3.70. The zero-order valence-corrected chi connectivity index (χ0v) is 10.7. The first-order chi connectivity index (χ1) is 9.46. The summed E-state index contributed by atoms with van der Waals surface area (Å²) < 4.78 is 6.97. The maximum atomic E-state index is 11.7. The standard InChI is InChI=1S/C12H15N3O5/c1-12(19)8(17)7(4-16)20-11(12)15-3-2-6-9(15)13-5-14-10(6)18/h2-3,5,7-8,11,16-17,19H,4H2,1H3,(H,13,14,18)/t7-,8-,11-,12-/m1/s1. The Bertz CT molecular complexity index is 692. The second-order valence-corrected chi connectivity index (χ2v) is 5.07. The Morgan fingerprint density at radius 3 is 3.00 bits per heavy atom. The van der Waals surface area contributed by atoms with Gasteiger partial charge in [0.05, 0.1) is 18.3 Å². The summed E-state index contributed by atoms with van der Waals surface area (Å²) in [5.41, 5.74) is -1.57. The molecule has 1 fully saturated rings. The van der Waals surface area contributed by atoms with Crippen LogP contribution >= 0.6 is 0 Å². The van der Waals surface area contributed by atoms with Gasteiger partial charge in [0, 0.05) is 6.20 Å². The summed E-state index contributed by atoms with van der Waals surface area (Å²) in [4.78, 5) is 18.2. The van der Waals surface area contributed by atoms with Crippen molar-refractivity contribution in [1.29, 1.82) is 0 Å². The molecule has 8 heteroatoms. The summed E-state index contributed by atoms with van der Waals surface area (Å²) in [6.07, 6.45) is -0.267. The van der Waals surface area contributed by atoms with Crippen LogP contribution in [0.5, 0.6) is 0 Å². The molecule has 0 unspecified atom stereocenters. The van der Waals surface area contributed by atoms with Crippen molar-refractivity contribution in [2.75, 3.05) is 6.61 Å². The molecule has 2 aromatic heterocycles. The summed E-state index contributed by atoms with van der Waals surface area (Å²) in [7, 11) is 0. The molecule has 8 nitrogen and oxygen atoms in total. The van der Waals surface area contributed by atoms with E-state index in [1.165, 1.54) is 17.8 Å². The van der Waals surface area contributed by atoms with Gasteiger partial charge in [-0.05, 0) is 13.0 Å². The number of hydrogen-bond acceptors (Lipinski definition) is 6. The summed E-state index contributed by atoms with van der Waals surface area (Å²) >= 11 is 0. The number of nitrogens with one attached hydrogen (secondary N) is 1. The summed E-state index contributed by atoms with van der Waals surface area (Å²) in [5, 5.41) is 29.9. The van der Waals surface area contributed by atoms with E-state index in [9.17, 15) is 15.0 Å². The number of ether oxygens (including phenoxy) is 1. The second kappa shape index (κ2) is 4.38. The molecule has 0 saturated carbocycles. The minimum Gasteiger partial charge on any atom is -0.394 e. The maximum absolute atomic E-state index is 11.7. The first-order valence-corrected chi connectivity index (χ1v) is 6.17. The number of aliphatic hydroxyl groups is 3. The van der Waals surface area contributed by atoms with Crippen LogP contribution in [-0.2, 0) is 4.74 Å². The van der Waals surface area contributed by atoms with Crippen LogP contribution in [-0.4, -0.2) is 54.3 Å². The van der Waals surface area contributed by atoms with E-state index in [2.05, 4.69) is 9.97 Å². The molecule has 1 aliphatic heterocycles. The van der Waals surface area contributed by atoms with Crippen molar-refractivity contribution in [3.63, 3.8) is 0 Å². The fourth-order valence-electron chi connectivity index (χ4n) is 2.56. The molecule has 0 aromatic carbocycles. The maximum Gasteiger partial charge on any atom is 0.260 e. The number of hydrogen-bond donors (Lipinski definition) is 4. The number of aliphatic hydroxyl groups excluding tert-OH is 2. The Kier molecular flexibility index (Phi) is 2.91. The lowest BCUT2D eigenvalue weighted by Gasteiger charge is -2.27. The molecule has 3 heterocycles. The van der Waals surface area contributed by atoms with Crippen molar-refractivity contribution in [1.82, 2.24) is 14.5 Å². The van der Waals surface area contributed by atoms with E-state index in [0.717, 1.165) is 0 Å². The fraction of sp³-hybridized carbons (Fsp3) is 0.500. The van der Waals surface area contributed by atoms with Gasteiger partial charge in [-0.25, -0.2) is 4.98 Å². The van der Waals surface area contributed by atoms with Gasteiger partial charge in [-0.3, -0.25) is 4.79 Å². The Morgan fingerprint density at radius 2 is 2.35 bits per heavy atom. The molecule has 2 aromatic rings. The van der Waals surface area contributed by atoms with Crippen molar-refractivity contribution in [2.24, 2.45) is 0 Å². The molecule has 1 aliphatic rings. The number of nitrogens with zero attached hydrogens (tertiary/aromatic N) is 2. The zero-order valence-electron chi connectivity index (χ0n) is 10.7. The van der Waals surface area contributed by atoms with Gasteiger partial charge in [-0.1, -0.05) is 0 Å². The first kappa shape index (κ1) is 13.3. The molecular formula is C12H15N3O5. The zero-order chi connectivity index (χ0) is 14.5. The molecule has 0 radical (unpaired) electrons. The number of aromatic amines is 1. The van der Waals surface area contributed by atoms with Crippen LogP contribution in [0, 0.1) is 0 Å². The topological polar surface area (TPSA) is 121 Å². The molecule has 1 saturated heterocycles. The lowest BCUT2D eigenvalue weighted by Crippen LogP contribution is -2.44. The van der Waals surface area contributed by atoms with Gasteiger partial charge in [0.15, 0.2) is 6.23 Å². The van der Waals surface area contributed by atoms with E-state index >= 15 is 0 Å². The molecule has 0 aliphatic carbocycles. The summed E-state index contributed by atoms with van der Waals surface area (Å²) in [5.74, 6) is 0. The molecule has 3 rings (SSSR count). The highest BCUT2D eigenvalue weighted by Gasteiger charge is 2.53. The van der Waals surface area contributed by atoms with Gasteiger partial charge in [0.2, 0.25) is 0 Å². The van der Waals surface area contributed by atoms with Crippen LogP contribution in [0.25, 0.3) is 11.0 Å². The molecule has 0 spiro atoms. The van der Waals surface area contributed by atoms with E-state index in [1.807, 2.05) is 0 Å². The SMILES string of the molecule is C[C@@]1(O)[C@H](O)[C@@H](CO)O[C@H]1n1ccc2c(=O)[nH]cnc21. The summed E-state index contributed by atoms with van der Waals surface area (Å²) in [6.45, 7) is 0.998. The van der Waals surface area contributed by atoms with Gasteiger partial charge < -0.3 is 29.6 Å². The highest BCUT2D eigenvalue weighted by atomic mass is 16.6. The second-order valence-electron chi connectivity index (χ2n) is 5.07. The van der Waals surface area contributed by atoms with Crippen molar-refractivity contribution in [2.45, 2.75) is 31.0 Å². The van der Waals surface area contributed by atoms with E-state index < -0.39 is 30.6 Å². The van der Waals surface area contributed by atoms with Crippen LogP contribution in [0.2, 0.25) is 0 Å². The van der Waals surface area contributed by atoms with Crippen molar-refractivity contribution < 1.29 is 20.1 Å².